The minimum atomic E-state index is -0.217. The molecule has 2 aromatic rings. The van der Waals surface area contributed by atoms with E-state index in [1.54, 1.807) is 7.11 Å². The molecule has 2 saturated heterocycles. The molecule has 0 radical (unpaired) electrons. The summed E-state index contributed by atoms with van der Waals surface area (Å²) in [4.78, 5) is 25.9. The number of hydrogen-bond acceptors (Lipinski definition) is 6. The van der Waals surface area contributed by atoms with E-state index in [0.29, 0.717) is 24.2 Å². The first-order valence-corrected chi connectivity index (χ1v) is 10.7. The van der Waals surface area contributed by atoms with Crippen LogP contribution in [0.4, 0.5) is 5.82 Å². The van der Waals surface area contributed by atoms with Crippen molar-refractivity contribution in [1.29, 1.82) is 0 Å². The zero-order valence-corrected chi connectivity index (χ0v) is 17.6. The molecule has 8 heteroatoms. The van der Waals surface area contributed by atoms with E-state index in [2.05, 4.69) is 9.80 Å². The summed E-state index contributed by atoms with van der Waals surface area (Å²) in [6, 6.07) is 5.77. The average Bonchev–Trinajstić information content (AvgIpc) is 2.74. The van der Waals surface area contributed by atoms with E-state index >= 15 is 0 Å². The number of amides is 1. The molecular weight excluding hydrogens is 390 g/mol. The molecule has 0 bridgehead atoms. The monoisotopic (exact) mass is 417 g/mol. The highest BCUT2D eigenvalue weighted by atomic mass is 35.5. The first kappa shape index (κ1) is 20.3. The molecule has 2 aliphatic heterocycles. The number of ether oxygens (including phenoxy) is 1. The Balaban J connectivity index is 1.62. The van der Waals surface area contributed by atoms with Gasteiger partial charge in [-0.2, -0.15) is 0 Å². The van der Waals surface area contributed by atoms with E-state index in [1.807, 2.05) is 18.2 Å². The van der Waals surface area contributed by atoms with Crippen molar-refractivity contribution in [2.75, 3.05) is 38.2 Å². The quantitative estimate of drug-likeness (QED) is 0.804. The van der Waals surface area contributed by atoms with E-state index in [1.165, 1.54) is 0 Å². The zero-order chi connectivity index (χ0) is 20.4. The lowest BCUT2D eigenvalue weighted by molar-refractivity contribution is -0.123. The molecule has 29 heavy (non-hydrogen) atoms. The molecule has 0 spiro atoms. The van der Waals surface area contributed by atoms with Gasteiger partial charge in [0.15, 0.2) is 0 Å². The normalized spacial score (nSPS) is 21.6. The highest BCUT2D eigenvalue weighted by Crippen LogP contribution is 2.30. The lowest BCUT2D eigenvalue weighted by atomic mass is 9.97. The van der Waals surface area contributed by atoms with Gasteiger partial charge in [0.2, 0.25) is 5.91 Å². The van der Waals surface area contributed by atoms with Crippen LogP contribution in [0.25, 0.3) is 10.9 Å². The van der Waals surface area contributed by atoms with Gasteiger partial charge in [-0.25, -0.2) is 9.97 Å². The second kappa shape index (κ2) is 8.81. The molecular formula is C21H28ClN5O2. The molecule has 7 nitrogen and oxygen atoms in total. The maximum absolute atomic E-state index is 11.6. The topological polar surface area (TPSA) is 84.6 Å². The van der Waals surface area contributed by atoms with Crippen LogP contribution < -0.4 is 10.6 Å². The molecule has 0 aliphatic carbocycles. The van der Waals surface area contributed by atoms with Crippen molar-refractivity contribution in [3.05, 3.63) is 29.0 Å². The summed E-state index contributed by atoms with van der Waals surface area (Å²) < 4.78 is 5.51. The number of fused-ring (bicyclic) bond motifs is 1. The molecule has 1 aromatic carbocycles. The molecule has 3 heterocycles. The fourth-order valence-electron chi connectivity index (χ4n) is 4.38. The number of methoxy groups -OCH3 is 1. The number of rotatable bonds is 5. The standard InChI is InChI=1S/C21H28ClN5O2/c1-29-16-6-9-27(10-7-16)21-17-11-15(22)4-5-18(17)24-19(25-21)13-26-8-2-3-14(12-26)20(23)28/h4-5,11,14,16H,2-3,6-10,12-13H2,1H3,(H2,23,28). The van der Waals surface area contributed by atoms with Crippen molar-refractivity contribution in [1.82, 2.24) is 14.9 Å². The van der Waals surface area contributed by atoms with E-state index in [4.69, 9.17) is 32.0 Å². The van der Waals surface area contributed by atoms with Crippen molar-refractivity contribution in [3.8, 4) is 0 Å². The number of aromatic nitrogens is 2. The van der Waals surface area contributed by atoms with Gasteiger partial charge in [0, 0.05) is 37.2 Å². The Labute approximate surface area is 176 Å². The minimum Gasteiger partial charge on any atom is -0.381 e. The molecule has 2 aliphatic rings. The summed E-state index contributed by atoms with van der Waals surface area (Å²) in [7, 11) is 1.77. The van der Waals surface area contributed by atoms with Gasteiger partial charge in [0.05, 0.1) is 24.1 Å². The predicted molar refractivity (Wildman–Crippen MR) is 114 cm³/mol. The van der Waals surface area contributed by atoms with Gasteiger partial charge in [-0.05, 0) is 50.4 Å². The number of nitrogens with zero attached hydrogens (tertiary/aromatic N) is 4. The van der Waals surface area contributed by atoms with Crippen LogP contribution in [0.5, 0.6) is 0 Å². The van der Waals surface area contributed by atoms with Crippen LogP contribution in [0.3, 0.4) is 0 Å². The number of piperidine rings is 2. The van der Waals surface area contributed by atoms with Crippen LogP contribution in [0.2, 0.25) is 5.02 Å². The van der Waals surface area contributed by atoms with E-state index in [9.17, 15) is 4.79 Å². The van der Waals surface area contributed by atoms with Crippen LogP contribution in [0.15, 0.2) is 18.2 Å². The zero-order valence-electron chi connectivity index (χ0n) is 16.8. The predicted octanol–water partition coefficient (Wildman–Crippen LogP) is 2.60. The Bertz CT molecular complexity index is 885. The number of carbonyl (C=O) groups excluding carboxylic acids is 1. The number of anilines is 1. The second-order valence-electron chi connectivity index (χ2n) is 8.02. The van der Waals surface area contributed by atoms with E-state index in [0.717, 1.165) is 67.9 Å². The number of likely N-dealkylation sites (tertiary alicyclic amines) is 1. The summed E-state index contributed by atoms with van der Waals surface area (Å²) in [6.45, 7) is 4.00. The number of primary amides is 1. The molecule has 4 rings (SSSR count). The van der Waals surface area contributed by atoms with Crippen molar-refractivity contribution in [2.24, 2.45) is 11.7 Å². The summed E-state index contributed by atoms with van der Waals surface area (Å²) in [5.41, 5.74) is 6.42. The molecule has 1 atom stereocenters. The fourth-order valence-corrected chi connectivity index (χ4v) is 4.55. The van der Waals surface area contributed by atoms with Crippen LogP contribution >= 0.6 is 11.6 Å². The van der Waals surface area contributed by atoms with Gasteiger partial charge in [-0.15, -0.1) is 0 Å². The Hall–Kier alpha value is -1.96. The summed E-state index contributed by atoms with van der Waals surface area (Å²) in [5, 5.41) is 1.66. The van der Waals surface area contributed by atoms with Crippen LogP contribution in [0.1, 0.15) is 31.5 Å². The molecule has 1 unspecified atom stereocenters. The smallest absolute Gasteiger partial charge is 0.221 e. The Morgan fingerprint density at radius 3 is 2.76 bits per heavy atom. The minimum absolute atomic E-state index is 0.0874. The number of hydrogen-bond donors (Lipinski definition) is 1. The van der Waals surface area contributed by atoms with Crippen LogP contribution in [0, 0.1) is 5.92 Å². The molecule has 2 N–H and O–H groups in total. The first-order valence-electron chi connectivity index (χ1n) is 10.3. The SMILES string of the molecule is COC1CCN(c2nc(CN3CCCC(C(N)=O)C3)nc3ccc(Cl)cc23)CC1. The van der Waals surface area contributed by atoms with Gasteiger partial charge in [-0.3, -0.25) is 9.69 Å². The molecule has 156 valence electrons. The molecule has 2 fully saturated rings. The maximum Gasteiger partial charge on any atom is 0.221 e. The number of carbonyl (C=O) groups is 1. The van der Waals surface area contributed by atoms with Gasteiger partial charge >= 0.3 is 0 Å². The van der Waals surface area contributed by atoms with Gasteiger partial charge < -0.3 is 15.4 Å². The lowest BCUT2D eigenvalue weighted by Crippen LogP contribution is -2.41. The highest BCUT2D eigenvalue weighted by Gasteiger charge is 2.26. The number of nitrogens with two attached hydrogens (primary N) is 1. The number of halogens is 1. The van der Waals surface area contributed by atoms with Crippen molar-refractivity contribution in [2.45, 2.75) is 38.3 Å². The van der Waals surface area contributed by atoms with Crippen LogP contribution in [-0.4, -0.2) is 60.2 Å². The summed E-state index contributed by atoms with van der Waals surface area (Å²) >= 11 is 6.27. The second-order valence-corrected chi connectivity index (χ2v) is 8.46. The van der Waals surface area contributed by atoms with Crippen molar-refractivity contribution in [3.63, 3.8) is 0 Å². The Kier molecular flexibility index (Phi) is 6.18. The fraction of sp³-hybridized carbons (Fsp3) is 0.571. The molecule has 1 amide bonds. The lowest BCUT2D eigenvalue weighted by Gasteiger charge is -2.33. The Morgan fingerprint density at radius 2 is 2.03 bits per heavy atom. The van der Waals surface area contributed by atoms with Crippen LogP contribution in [-0.2, 0) is 16.1 Å². The average molecular weight is 418 g/mol. The van der Waals surface area contributed by atoms with Gasteiger partial charge in [-0.1, -0.05) is 11.6 Å². The third kappa shape index (κ3) is 4.63. The maximum atomic E-state index is 11.6. The highest BCUT2D eigenvalue weighted by molar-refractivity contribution is 6.31. The largest absolute Gasteiger partial charge is 0.381 e. The Morgan fingerprint density at radius 1 is 1.24 bits per heavy atom. The van der Waals surface area contributed by atoms with Gasteiger partial charge in [0.25, 0.3) is 0 Å². The molecule has 1 aromatic heterocycles. The number of benzene rings is 1. The third-order valence-corrected chi connectivity index (χ3v) is 6.27. The van der Waals surface area contributed by atoms with Crippen molar-refractivity contribution < 1.29 is 9.53 Å². The third-order valence-electron chi connectivity index (χ3n) is 6.03. The molecule has 0 saturated carbocycles. The van der Waals surface area contributed by atoms with E-state index < -0.39 is 0 Å². The first-order chi connectivity index (χ1) is 14.0. The van der Waals surface area contributed by atoms with Gasteiger partial charge in [0.1, 0.15) is 11.6 Å². The van der Waals surface area contributed by atoms with Crippen molar-refractivity contribution >= 4 is 34.2 Å². The van der Waals surface area contributed by atoms with E-state index in [-0.39, 0.29) is 11.8 Å². The summed E-state index contributed by atoms with van der Waals surface area (Å²) in [5.74, 6) is 1.40. The summed E-state index contributed by atoms with van der Waals surface area (Å²) in [6.07, 6.45) is 4.09.